The average molecular weight is 255 g/mol. The number of likely N-dealkylation sites (N-methyl/N-ethyl adjacent to an activating group) is 1. The van der Waals surface area contributed by atoms with E-state index in [1.165, 1.54) is 6.42 Å². The van der Waals surface area contributed by atoms with Crippen LogP contribution in [0.15, 0.2) is 6.20 Å². The van der Waals surface area contributed by atoms with Crippen molar-refractivity contribution in [3.05, 3.63) is 11.1 Å². The molecule has 1 aromatic rings. The van der Waals surface area contributed by atoms with Gasteiger partial charge in [0.25, 0.3) is 0 Å². The highest BCUT2D eigenvalue weighted by molar-refractivity contribution is 7.15. The molecule has 1 fully saturated rings. The Labute approximate surface area is 107 Å². The lowest BCUT2D eigenvalue weighted by molar-refractivity contribution is 0.203. The molecule has 0 radical (unpaired) electrons. The van der Waals surface area contributed by atoms with E-state index >= 15 is 0 Å². The van der Waals surface area contributed by atoms with Gasteiger partial charge in [-0.15, -0.1) is 0 Å². The molecule has 0 aliphatic carbocycles. The van der Waals surface area contributed by atoms with Crippen molar-refractivity contribution < 1.29 is 5.11 Å². The zero-order valence-corrected chi connectivity index (χ0v) is 11.6. The summed E-state index contributed by atoms with van der Waals surface area (Å²) >= 11 is 1.61. The third-order valence-corrected chi connectivity index (χ3v) is 4.67. The number of thiazole rings is 1. The van der Waals surface area contributed by atoms with Gasteiger partial charge in [0, 0.05) is 31.9 Å². The molecule has 2 unspecified atom stereocenters. The van der Waals surface area contributed by atoms with Gasteiger partial charge in [0.05, 0.1) is 11.0 Å². The maximum atomic E-state index is 9.52. The molecule has 2 rings (SSSR count). The van der Waals surface area contributed by atoms with Crippen LogP contribution in [0.1, 0.15) is 31.2 Å². The maximum absolute atomic E-state index is 9.52. The minimum atomic E-state index is -0.407. The first kappa shape index (κ1) is 12.8. The summed E-state index contributed by atoms with van der Waals surface area (Å²) in [6.45, 7) is 7.17. The lowest BCUT2D eigenvalue weighted by atomic mass is 10.1. The van der Waals surface area contributed by atoms with E-state index in [2.05, 4.69) is 28.8 Å². The number of aliphatic hydroxyl groups is 1. The second-order valence-corrected chi connectivity index (χ2v) is 5.75. The van der Waals surface area contributed by atoms with Crippen LogP contribution in [0.4, 0.5) is 5.13 Å². The molecule has 0 spiro atoms. The smallest absolute Gasteiger partial charge is 0.185 e. The molecule has 2 atom stereocenters. The van der Waals surface area contributed by atoms with Crippen molar-refractivity contribution in [3.63, 3.8) is 0 Å². The second-order valence-electron chi connectivity index (χ2n) is 4.71. The number of anilines is 1. The predicted molar refractivity (Wildman–Crippen MR) is 71.7 cm³/mol. The Morgan fingerprint density at radius 3 is 2.94 bits per heavy atom. The monoisotopic (exact) mass is 255 g/mol. The fraction of sp³-hybridized carbons (Fsp3) is 0.750. The first-order valence-corrected chi connectivity index (χ1v) is 7.02. The Bertz CT molecular complexity index is 366. The van der Waals surface area contributed by atoms with Gasteiger partial charge in [-0.1, -0.05) is 18.3 Å². The number of rotatable bonds is 3. The van der Waals surface area contributed by atoms with E-state index < -0.39 is 6.10 Å². The average Bonchev–Trinajstić information content (AvgIpc) is 2.79. The molecule has 1 aliphatic rings. The molecule has 4 nitrogen and oxygen atoms in total. The highest BCUT2D eigenvalue weighted by Crippen LogP contribution is 2.28. The molecule has 0 bridgehead atoms. The Morgan fingerprint density at radius 1 is 1.59 bits per heavy atom. The van der Waals surface area contributed by atoms with Crippen molar-refractivity contribution in [2.75, 3.05) is 31.6 Å². The van der Waals surface area contributed by atoms with Crippen molar-refractivity contribution in [1.82, 2.24) is 9.88 Å². The van der Waals surface area contributed by atoms with Crippen LogP contribution in [0.2, 0.25) is 0 Å². The van der Waals surface area contributed by atoms with Crippen LogP contribution < -0.4 is 4.90 Å². The van der Waals surface area contributed by atoms with Gasteiger partial charge in [-0.25, -0.2) is 4.98 Å². The fourth-order valence-corrected chi connectivity index (χ4v) is 3.06. The Kier molecular flexibility index (Phi) is 4.01. The van der Waals surface area contributed by atoms with E-state index in [0.717, 1.165) is 29.6 Å². The minimum absolute atomic E-state index is 0.407. The zero-order chi connectivity index (χ0) is 12.4. The van der Waals surface area contributed by atoms with Crippen LogP contribution in [-0.4, -0.2) is 47.7 Å². The quantitative estimate of drug-likeness (QED) is 0.893. The normalized spacial score (nSPS) is 24.0. The summed E-state index contributed by atoms with van der Waals surface area (Å²) in [7, 11) is 2.19. The number of piperazine rings is 1. The lowest BCUT2D eigenvalue weighted by Crippen LogP contribution is -2.51. The summed E-state index contributed by atoms with van der Waals surface area (Å²) in [4.78, 5) is 10.1. The van der Waals surface area contributed by atoms with Crippen molar-refractivity contribution in [3.8, 4) is 0 Å². The number of nitrogens with zero attached hydrogens (tertiary/aromatic N) is 3. The first-order chi connectivity index (χ1) is 8.11. The van der Waals surface area contributed by atoms with E-state index in [-0.39, 0.29) is 0 Å². The van der Waals surface area contributed by atoms with Gasteiger partial charge < -0.3 is 10.0 Å². The third kappa shape index (κ3) is 2.78. The van der Waals surface area contributed by atoms with Gasteiger partial charge in [-0.05, 0) is 20.4 Å². The SMILES string of the molecule is CCC1CN(c2ncc(C(C)O)s2)CCN1C. The standard InChI is InChI=1S/C12H21N3OS/c1-4-10-8-15(6-5-14(10)3)12-13-7-11(17-12)9(2)16/h7,9-10,16H,4-6,8H2,1-3H3. The first-order valence-electron chi connectivity index (χ1n) is 6.20. The van der Waals surface area contributed by atoms with Gasteiger partial charge in [-0.2, -0.15) is 0 Å². The Morgan fingerprint density at radius 2 is 2.35 bits per heavy atom. The summed E-state index contributed by atoms with van der Waals surface area (Å²) in [6, 6.07) is 0.614. The Balaban J connectivity index is 2.06. The van der Waals surface area contributed by atoms with Gasteiger partial charge in [0.1, 0.15) is 0 Å². The molecule has 1 aliphatic heterocycles. The lowest BCUT2D eigenvalue weighted by Gasteiger charge is -2.39. The van der Waals surface area contributed by atoms with E-state index in [1.807, 2.05) is 0 Å². The minimum Gasteiger partial charge on any atom is -0.388 e. The highest BCUT2D eigenvalue weighted by atomic mass is 32.1. The predicted octanol–water partition coefficient (Wildman–Crippen LogP) is 1.73. The van der Waals surface area contributed by atoms with Crippen molar-refractivity contribution in [1.29, 1.82) is 0 Å². The molecule has 0 aromatic carbocycles. The summed E-state index contributed by atoms with van der Waals surface area (Å²) < 4.78 is 0. The maximum Gasteiger partial charge on any atom is 0.185 e. The van der Waals surface area contributed by atoms with Gasteiger partial charge in [0.15, 0.2) is 5.13 Å². The van der Waals surface area contributed by atoms with Crippen LogP contribution in [0.25, 0.3) is 0 Å². The fourth-order valence-electron chi connectivity index (χ4n) is 2.18. The molecular weight excluding hydrogens is 234 g/mol. The van der Waals surface area contributed by atoms with Crippen LogP contribution in [0, 0.1) is 0 Å². The van der Waals surface area contributed by atoms with Crippen LogP contribution >= 0.6 is 11.3 Å². The summed E-state index contributed by atoms with van der Waals surface area (Å²) in [6.07, 6.45) is 2.56. The molecule has 96 valence electrons. The third-order valence-electron chi connectivity index (χ3n) is 3.44. The van der Waals surface area contributed by atoms with E-state index in [4.69, 9.17) is 0 Å². The largest absolute Gasteiger partial charge is 0.388 e. The van der Waals surface area contributed by atoms with Gasteiger partial charge in [0.2, 0.25) is 0 Å². The molecule has 2 heterocycles. The van der Waals surface area contributed by atoms with Crippen LogP contribution in [-0.2, 0) is 0 Å². The van der Waals surface area contributed by atoms with Crippen LogP contribution in [0.3, 0.4) is 0 Å². The molecular formula is C12H21N3OS. The number of aliphatic hydroxyl groups excluding tert-OH is 1. The van der Waals surface area contributed by atoms with Crippen LogP contribution in [0.5, 0.6) is 0 Å². The molecule has 0 saturated carbocycles. The van der Waals surface area contributed by atoms with Gasteiger partial charge in [-0.3, -0.25) is 4.90 Å². The summed E-state index contributed by atoms with van der Waals surface area (Å²) in [5, 5.41) is 10.6. The molecule has 1 saturated heterocycles. The molecule has 1 aromatic heterocycles. The summed E-state index contributed by atoms with van der Waals surface area (Å²) in [5.74, 6) is 0. The molecule has 0 amide bonds. The topological polar surface area (TPSA) is 39.6 Å². The second kappa shape index (κ2) is 5.33. The Hall–Kier alpha value is -0.650. The molecule has 5 heteroatoms. The van der Waals surface area contributed by atoms with Gasteiger partial charge >= 0.3 is 0 Å². The number of hydrogen-bond acceptors (Lipinski definition) is 5. The summed E-state index contributed by atoms with van der Waals surface area (Å²) in [5.41, 5.74) is 0. The number of aromatic nitrogens is 1. The van der Waals surface area contributed by atoms with E-state index in [1.54, 1.807) is 24.5 Å². The number of hydrogen-bond donors (Lipinski definition) is 1. The molecule has 17 heavy (non-hydrogen) atoms. The van der Waals surface area contributed by atoms with E-state index in [0.29, 0.717) is 6.04 Å². The van der Waals surface area contributed by atoms with Crippen molar-refractivity contribution in [2.24, 2.45) is 0 Å². The zero-order valence-electron chi connectivity index (χ0n) is 10.8. The molecule has 1 N–H and O–H groups in total. The van der Waals surface area contributed by atoms with E-state index in [9.17, 15) is 5.11 Å². The van der Waals surface area contributed by atoms with Crippen molar-refractivity contribution in [2.45, 2.75) is 32.4 Å². The van der Waals surface area contributed by atoms with Crippen molar-refractivity contribution >= 4 is 16.5 Å². The highest BCUT2D eigenvalue weighted by Gasteiger charge is 2.24.